The van der Waals surface area contributed by atoms with E-state index >= 15 is 0 Å². The minimum absolute atomic E-state index is 0.0799. The van der Waals surface area contributed by atoms with Crippen molar-refractivity contribution in [2.75, 3.05) is 39.6 Å². The average molecular weight is 1340 g/mol. The lowest BCUT2D eigenvalue weighted by Gasteiger charge is -2.21. The van der Waals surface area contributed by atoms with E-state index in [-0.39, 0.29) is 19.3 Å². The van der Waals surface area contributed by atoms with Gasteiger partial charge in [0.25, 0.3) is 0 Å². The van der Waals surface area contributed by atoms with Gasteiger partial charge in [0.05, 0.1) is 26.4 Å². The number of hydrogen-bond donors (Lipinski definition) is 4. The van der Waals surface area contributed by atoms with Crippen molar-refractivity contribution in [3.63, 3.8) is 0 Å². The zero-order chi connectivity index (χ0) is 68.1. The first kappa shape index (κ1) is 88.4. The summed E-state index contributed by atoms with van der Waals surface area (Å²) in [5, 5.41) is 20.6. The molecule has 0 aliphatic carbocycles. The van der Waals surface area contributed by atoms with Crippen LogP contribution in [0.5, 0.6) is 0 Å². The molecule has 0 saturated carbocycles. The van der Waals surface area contributed by atoms with Gasteiger partial charge in [-0.1, -0.05) is 237 Å². The molecule has 5 atom stereocenters. The zero-order valence-corrected chi connectivity index (χ0v) is 59.2. The van der Waals surface area contributed by atoms with E-state index in [0.29, 0.717) is 19.3 Å². The van der Waals surface area contributed by atoms with E-state index < -0.39 is 91.5 Å². The monoisotopic (exact) mass is 1340 g/mol. The second-order valence-corrected chi connectivity index (χ2v) is 25.8. The van der Waals surface area contributed by atoms with Gasteiger partial charge in [0.1, 0.15) is 25.4 Å². The number of carbonyl (C=O) groups excluding carboxylic acids is 3. The van der Waals surface area contributed by atoms with Crippen LogP contribution in [0, 0.1) is 0 Å². The van der Waals surface area contributed by atoms with Crippen molar-refractivity contribution in [2.45, 2.75) is 270 Å². The average Bonchev–Trinajstić information content (AvgIpc) is 3.52. The van der Waals surface area contributed by atoms with Gasteiger partial charge in [-0.2, -0.15) is 0 Å². The molecule has 0 bridgehead atoms. The standard InChI is InChI=1S/C75H124O16P2/c1-4-7-10-13-16-19-22-25-27-29-31-33-34-36-38-39-41-44-46-49-52-55-58-61-73(78)85-64-70(76)65-87-92(81,82)88-66-71(77)67-89-93(83,84)90-69-72(91-75(80)63-60-57-54-51-48-43-24-21-18-15-12-9-6-3)68-86-74(79)62-59-56-53-50-47-45-42-40-37-35-32-30-28-26-23-20-17-14-11-8-5-2/h7-8,10-11,16-17,19-21,24-28,31-33,35-36,38,40,42,47,50,70-72,76-77H,4-6,9,12-15,18,22-23,29-30,34,37,39,41,43-46,48-49,51-69H2,1-3H3,(H,81,82)(H,83,84)/b10-7-,11-8-,19-16-,20-17-,24-21-,27-25-,28-26-,33-31-,35-32-,38-36-,42-40-,50-47-. The van der Waals surface area contributed by atoms with E-state index in [1.165, 1.54) is 25.7 Å². The third kappa shape index (κ3) is 68.6. The quantitative estimate of drug-likeness (QED) is 0.0146. The predicted octanol–water partition coefficient (Wildman–Crippen LogP) is 19.8. The highest BCUT2D eigenvalue weighted by Gasteiger charge is 2.29. The molecule has 93 heavy (non-hydrogen) atoms. The number of aliphatic hydroxyl groups excluding tert-OH is 2. The maximum atomic E-state index is 12.9. The van der Waals surface area contributed by atoms with Crippen molar-refractivity contribution >= 4 is 33.6 Å². The maximum absolute atomic E-state index is 12.9. The Morgan fingerprint density at radius 1 is 0.312 bits per heavy atom. The third-order valence-corrected chi connectivity index (χ3v) is 15.9. The van der Waals surface area contributed by atoms with Crippen LogP contribution in [0.4, 0.5) is 0 Å². The SMILES string of the molecule is CC/C=C\C/C=C\C/C=C\C/C=C\C/C=C\C/C=C\CCCCC(=O)OCC(COP(=O)(O)OCC(O)COP(=O)(O)OCC(O)COC(=O)CCCCCCCCC/C=C\C/C=C\C/C=C\C/C=C\C/C=C\CC)OC(=O)CCCCCCC/C=C\CCCCCC. The molecule has 530 valence electrons. The Morgan fingerprint density at radius 2 is 0.570 bits per heavy atom. The topological polar surface area (TPSA) is 231 Å². The first-order chi connectivity index (χ1) is 45.2. The first-order valence-corrected chi connectivity index (χ1v) is 38.1. The molecule has 0 amide bonds. The van der Waals surface area contributed by atoms with E-state index in [1.807, 2.05) is 0 Å². The van der Waals surface area contributed by atoms with Crippen LogP contribution in [-0.4, -0.2) is 95.9 Å². The van der Waals surface area contributed by atoms with Gasteiger partial charge in [0.2, 0.25) is 0 Å². The number of allylic oxidation sites excluding steroid dienone is 24. The van der Waals surface area contributed by atoms with Gasteiger partial charge >= 0.3 is 33.6 Å². The fourth-order valence-electron chi connectivity index (χ4n) is 8.71. The lowest BCUT2D eigenvalue weighted by molar-refractivity contribution is -0.161. The molecule has 0 aliphatic rings. The Hall–Kier alpha value is -4.57. The largest absolute Gasteiger partial charge is 0.472 e. The number of hydrogen-bond acceptors (Lipinski definition) is 14. The number of rotatable bonds is 65. The van der Waals surface area contributed by atoms with Gasteiger partial charge in [-0.25, -0.2) is 9.13 Å². The Labute approximate surface area is 562 Å². The Morgan fingerprint density at radius 3 is 0.935 bits per heavy atom. The number of ether oxygens (including phenoxy) is 3. The molecule has 4 N–H and O–H groups in total. The van der Waals surface area contributed by atoms with Crippen LogP contribution in [0.3, 0.4) is 0 Å². The number of phosphoric acid groups is 2. The molecule has 5 unspecified atom stereocenters. The molecule has 16 nitrogen and oxygen atoms in total. The number of unbranched alkanes of at least 4 members (excludes halogenated alkanes) is 18. The molecule has 0 rings (SSSR count). The van der Waals surface area contributed by atoms with Crippen LogP contribution in [0.15, 0.2) is 146 Å². The van der Waals surface area contributed by atoms with Gasteiger partial charge in [0.15, 0.2) is 6.10 Å². The second-order valence-electron chi connectivity index (χ2n) is 22.9. The fourth-order valence-corrected chi connectivity index (χ4v) is 10.3. The Balaban J connectivity index is 4.67. The lowest BCUT2D eigenvalue weighted by atomic mass is 10.1. The van der Waals surface area contributed by atoms with Gasteiger partial charge in [-0.15, -0.1) is 0 Å². The van der Waals surface area contributed by atoms with E-state index in [4.69, 9.17) is 32.3 Å². The number of carbonyl (C=O) groups is 3. The maximum Gasteiger partial charge on any atom is 0.472 e. The molecule has 18 heteroatoms. The normalized spacial score (nSPS) is 15.0. The van der Waals surface area contributed by atoms with Crippen LogP contribution in [0.1, 0.15) is 252 Å². The summed E-state index contributed by atoms with van der Waals surface area (Å²) in [7, 11) is -9.80. The second kappa shape index (κ2) is 67.4. The fraction of sp³-hybridized carbons (Fsp3) is 0.640. The van der Waals surface area contributed by atoms with Crippen LogP contribution >= 0.6 is 15.6 Å². The van der Waals surface area contributed by atoms with Gasteiger partial charge in [-0.05, 0) is 141 Å². The van der Waals surface area contributed by atoms with Crippen LogP contribution < -0.4 is 0 Å². The highest BCUT2D eigenvalue weighted by molar-refractivity contribution is 7.47. The molecule has 0 spiro atoms. The number of esters is 3. The molecular weight excluding hydrogens is 1220 g/mol. The Bertz CT molecular complexity index is 2280. The lowest BCUT2D eigenvalue weighted by Crippen LogP contribution is -2.30. The van der Waals surface area contributed by atoms with Gasteiger partial charge in [0, 0.05) is 19.3 Å². The molecule has 0 radical (unpaired) electrons. The highest BCUT2D eigenvalue weighted by Crippen LogP contribution is 2.45. The van der Waals surface area contributed by atoms with Crippen LogP contribution in [0.2, 0.25) is 0 Å². The van der Waals surface area contributed by atoms with Crippen molar-refractivity contribution < 1.29 is 75.8 Å². The summed E-state index contributed by atoms with van der Waals surface area (Å²) in [6.07, 6.45) is 80.4. The van der Waals surface area contributed by atoms with Crippen molar-refractivity contribution in [2.24, 2.45) is 0 Å². The van der Waals surface area contributed by atoms with E-state index in [0.717, 1.165) is 167 Å². The number of phosphoric ester groups is 2. The molecule has 0 fully saturated rings. The molecule has 0 aromatic heterocycles. The van der Waals surface area contributed by atoms with Crippen molar-refractivity contribution in [1.29, 1.82) is 0 Å². The Kier molecular flexibility index (Phi) is 64.1. The van der Waals surface area contributed by atoms with Crippen molar-refractivity contribution in [1.82, 2.24) is 0 Å². The van der Waals surface area contributed by atoms with Crippen molar-refractivity contribution in [3.05, 3.63) is 146 Å². The molecule has 0 saturated heterocycles. The minimum atomic E-state index is -4.94. The first-order valence-electron chi connectivity index (χ1n) is 35.1. The predicted molar refractivity (Wildman–Crippen MR) is 380 cm³/mol. The molecule has 0 aliphatic heterocycles. The highest BCUT2D eigenvalue weighted by atomic mass is 31.2. The summed E-state index contributed by atoms with van der Waals surface area (Å²) < 4.78 is 60.9. The molecule has 0 aromatic carbocycles. The smallest absolute Gasteiger partial charge is 0.463 e. The summed E-state index contributed by atoms with van der Waals surface area (Å²) in [6.45, 7) is 2.33. The summed E-state index contributed by atoms with van der Waals surface area (Å²) in [5.41, 5.74) is 0. The summed E-state index contributed by atoms with van der Waals surface area (Å²) in [5.74, 6) is -1.65. The van der Waals surface area contributed by atoms with Crippen molar-refractivity contribution in [3.8, 4) is 0 Å². The number of aliphatic hydroxyl groups is 2. The zero-order valence-electron chi connectivity index (χ0n) is 57.4. The summed E-state index contributed by atoms with van der Waals surface area (Å²) >= 11 is 0. The van der Waals surface area contributed by atoms with Crippen LogP contribution in [0.25, 0.3) is 0 Å². The van der Waals surface area contributed by atoms with E-state index in [2.05, 4.69) is 167 Å². The van der Waals surface area contributed by atoms with Crippen LogP contribution in [-0.2, 0) is 55.8 Å². The minimum Gasteiger partial charge on any atom is -0.463 e. The van der Waals surface area contributed by atoms with Gasteiger partial charge in [-0.3, -0.25) is 32.5 Å². The molecular formula is C75H124O16P2. The summed E-state index contributed by atoms with van der Waals surface area (Å²) in [6, 6.07) is 0. The summed E-state index contributed by atoms with van der Waals surface area (Å²) in [4.78, 5) is 58.4. The van der Waals surface area contributed by atoms with E-state index in [9.17, 15) is 43.5 Å². The molecule has 0 heterocycles. The van der Waals surface area contributed by atoms with Gasteiger partial charge < -0.3 is 34.2 Å². The van der Waals surface area contributed by atoms with E-state index in [1.54, 1.807) is 0 Å². The molecule has 0 aromatic rings. The third-order valence-electron chi connectivity index (χ3n) is 14.0.